The molecule has 0 unspecified atom stereocenters. The molecule has 2 amide bonds. The van der Waals surface area contributed by atoms with E-state index in [4.69, 9.17) is 0 Å². The highest BCUT2D eigenvalue weighted by molar-refractivity contribution is 7.15. The standard InChI is InChI=1S/C18H23FN4O2S/c1-10(2)9-14-22-23-18(26-14)21-17(25)15(11(3)4)20-16(24)12-7-5-6-8-13(12)19/h5-8,10-11,15H,9H2,1-4H3,(H,20,24)(H,21,23,25)/t15-/m0/s1. The van der Waals surface area contributed by atoms with Crippen molar-refractivity contribution in [1.82, 2.24) is 15.5 Å². The number of hydrogen-bond donors (Lipinski definition) is 2. The molecule has 6 nitrogen and oxygen atoms in total. The quantitative estimate of drug-likeness (QED) is 0.774. The fraction of sp³-hybridized carbons (Fsp3) is 0.444. The second-order valence-electron chi connectivity index (χ2n) is 6.76. The Balaban J connectivity index is 2.06. The molecule has 1 atom stereocenters. The topological polar surface area (TPSA) is 84.0 Å². The summed E-state index contributed by atoms with van der Waals surface area (Å²) in [5.41, 5.74) is -0.0962. The number of carbonyl (C=O) groups is 2. The zero-order chi connectivity index (χ0) is 19.3. The molecular formula is C18H23FN4O2S. The molecule has 0 aliphatic heterocycles. The van der Waals surface area contributed by atoms with Crippen LogP contribution in [0.5, 0.6) is 0 Å². The average Bonchev–Trinajstić information content (AvgIpc) is 2.98. The van der Waals surface area contributed by atoms with E-state index in [9.17, 15) is 14.0 Å². The number of nitrogens with one attached hydrogen (secondary N) is 2. The molecule has 2 aromatic rings. The van der Waals surface area contributed by atoms with Gasteiger partial charge in [-0.15, -0.1) is 10.2 Å². The van der Waals surface area contributed by atoms with Crippen molar-refractivity contribution in [2.24, 2.45) is 11.8 Å². The summed E-state index contributed by atoms with van der Waals surface area (Å²) in [6, 6.07) is 4.84. The van der Waals surface area contributed by atoms with Gasteiger partial charge in [0.25, 0.3) is 5.91 Å². The van der Waals surface area contributed by atoms with Gasteiger partial charge in [0, 0.05) is 6.42 Å². The first kappa shape index (κ1) is 20.0. The number of benzene rings is 1. The maximum Gasteiger partial charge on any atom is 0.254 e. The van der Waals surface area contributed by atoms with Crippen molar-refractivity contribution in [3.63, 3.8) is 0 Å². The smallest absolute Gasteiger partial charge is 0.254 e. The Bertz CT molecular complexity index is 776. The molecule has 1 heterocycles. The Labute approximate surface area is 156 Å². The third kappa shape index (κ3) is 5.32. The van der Waals surface area contributed by atoms with Gasteiger partial charge in [-0.3, -0.25) is 14.9 Å². The van der Waals surface area contributed by atoms with E-state index >= 15 is 0 Å². The number of anilines is 1. The van der Waals surface area contributed by atoms with Gasteiger partial charge in [0.15, 0.2) is 0 Å². The van der Waals surface area contributed by atoms with Crippen LogP contribution in [0.15, 0.2) is 24.3 Å². The van der Waals surface area contributed by atoms with Crippen LogP contribution >= 0.6 is 11.3 Å². The van der Waals surface area contributed by atoms with Crippen LogP contribution in [0.1, 0.15) is 43.1 Å². The van der Waals surface area contributed by atoms with Crippen molar-refractivity contribution in [2.45, 2.75) is 40.2 Å². The van der Waals surface area contributed by atoms with E-state index < -0.39 is 23.7 Å². The minimum absolute atomic E-state index is 0.0962. The number of aromatic nitrogens is 2. The molecule has 0 radical (unpaired) electrons. The Morgan fingerprint density at radius 2 is 1.85 bits per heavy atom. The van der Waals surface area contributed by atoms with Crippen LogP contribution in [0.25, 0.3) is 0 Å². The highest BCUT2D eigenvalue weighted by Crippen LogP contribution is 2.19. The van der Waals surface area contributed by atoms with Crippen LogP contribution in [0.2, 0.25) is 0 Å². The normalized spacial score (nSPS) is 12.3. The molecule has 2 N–H and O–H groups in total. The second kappa shape index (κ2) is 8.84. The third-order valence-corrected chi connectivity index (χ3v) is 4.50. The highest BCUT2D eigenvalue weighted by Gasteiger charge is 2.26. The molecule has 0 saturated carbocycles. The van der Waals surface area contributed by atoms with Crippen LogP contribution in [0, 0.1) is 17.7 Å². The maximum atomic E-state index is 13.8. The van der Waals surface area contributed by atoms with Gasteiger partial charge in [-0.25, -0.2) is 4.39 Å². The molecule has 8 heteroatoms. The first-order valence-electron chi connectivity index (χ1n) is 8.46. The molecular weight excluding hydrogens is 355 g/mol. The molecule has 0 spiro atoms. The summed E-state index contributed by atoms with van der Waals surface area (Å²) in [4.78, 5) is 24.9. The average molecular weight is 378 g/mol. The third-order valence-electron chi connectivity index (χ3n) is 3.63. The molecule has 0 saturated heterocycles. The number of rotatable bonds is 7. The minimum atomic E-state index is -0.820. The van der Waals surface area contributed by atoms with Crippen LogP contribution in [0.3, 0.4) is 0 Å². The van der Waals surface area contributed by atoms with Gasteiger partial charge in [0.2, 0.25) is 11.0 Å². The molecule has 0 fully saturated rings. The lowest BCUT2D eigenvalue weighted by atomic mass is 10.0. The lowest BCUT2D eigenvalue weighted by molar-refractivity contribution is -0.118. The van der Waals surface area contributed by atoms with Gasteiger partial charge in [0.05, 0.1) is 5.56 Å². The van der Waals surface area contributed by atoms with Crippen molar-refractivity contribution in [1.29, 1.82) is 0 Å². The van der Waals surface area contributed by atoms with Gasteiger partial charge in [-0.05, 0) is 24.0 Å². The Morgan fingerprint density at radius 1 is 1.15 bits per heavy atom. The van der Waals surface area contributed by atoms with E-state index in [1.165, 1.54) is 29.5 Å². The molecule has 2 rings (SSSR count). The Kier molecular flexibility index (Phi) is 6.79. The number of carbonyl (C=O) groups excluding carboxylic acids is 2. The van der Waals surface area contributed by atoms with E-state index in [-0.39, 0.29) is 11.5 Å². The summed E-state index contributed by atoms with van der Waals surface area (Å²) in [7, 11) is 0. The molecule has 0 aliphatic rings. The van der Waals surface area contributed by atoms with Crippen LogP contribution in [-0.4, -0.2) is 28.1 Å². The fourth-order valence-corrected chi connectivity index (χ4v) is 3.27. The summed E-state index contributed by atoms with van der Waals surface area (Å²) in [6.07, 6.45) is 0.783. The lowest BCUT2D eigenvalue weighted by Gasteiger charge is -2.21. The predicted octanol–water partition coefficient (Wildman–Crippen LogP) is 3.27. The van der Waals surface area contributed by atoms with Crippen molar-refractivity contribution < 1.29 is 14.0 Å². The van der Waals surface area contributed by atoms with Gasteiger partial charge >= 0.3 is 0 Å². The van der Waals surface area contributed by atoms with Crippen LogP contribution in [0.4, 0.5) is 9.52 Å². The predicted molar refractivity (Wildman–Crippen MR) is 99.6 cm³/mol. The summed E-state index contributed by atoms with van der Waals surface area (Å²) < 4.78 is 13.8. The summed E-state index contributed by atoms with van der Waals surface area (Å²) in [5.74, 6) is -1.41. The zero-order valence-electron chi connectivity index (χ0n) is 15.2. The highest BCUT2D eigenvalue weighted by atomic mass is 32.1. The van der Waals surface area contributed by atoms with Crippen LogP contribution in [-0.2, 0) is 11.2 Å². The molecule has 1 aromatic carbocycles. The second-order valence-corrected chi connectivity index (χ2v) is 7.83. The minimum Gasteiger partial charge on any atom is -0.340 e. The number of nitrogens with zero attached hydrogens (tertiary/aromatic N) is 2. The van der Waals surface area contributed by atoms with E-state index in [2.05, 4.69) is 34.7 Å². The maximum absolute atomic E-state index is 13.8. The van der Waals surface area contributed by atoms with E-state index in [1.807, 2.05) is 0 Å². The van der Waals surface area contributed by atoms with Gasteiger partial charge in [-0.1, -0.05) is 51.2 Å². The monoisotopic (exact) mass is 378 g/mol. The van der Waals surface area contributed by atoms with Gasteiger partial charge < -0.3 is 5.32 Å². The van der Waals surface area contributed by atoms with Gasteiger partial charge in [0.1, 0.15) is 16.9 Å². The SMILES string of the molecule is CC(C)Cc1nnc(NC(=O)[C@@H](NC(=O)c2ccccc2F)C(C)C)s1. The molecule has 26 heavy (non-hydrogen) atoms. The van der Waals surface area contributed by atoms with E-state index in [1.54, 1.807) is 19.9 Å². The number of amides is 2. The molecule has 140 valence electrons. The summed E-state index contributed by atoms with van der Waals surface area (Å²) in [6.45, 7) is 7.76. The lowest BCUT2D eigenvalue weighted by Crippen LogP contribution is -2.47. The number of hydrogen-bond acceptors (Lipinski definition) is 5. The Hall–Kier alpha value is -2.35. The summed E-state index contributed by atoms with van der Waals surface area (Å²) in [5, 5.41) is 14.5. The molecule has 0 bridgehead atoms. The van der Waals surface area contributed by atoms with Crippen molar-refractivity contribution in [3.8, 4) is 0 Å². The first-order valence-corrected chi connectivity index (χ1v) is 9.28. The van der Waals surface area contributed by atoms with Gasteiger partial charge in [-0.2, -0.15) is 0 Å². The fourth-order valence-electron chi connectivity index (χ4n) is 2.32. The van der Waals surface area contributed by atoms with E-state index in [0.29, 0.717) is 11.0 Å². The van der Waals surface area contributed by atoms with Crippen molar-refractivity contribution in [3.05, 3.63) is 40.7 Å². The van der Waals surface area contributed by atoms with Crippen molar-refractivity contribution in [2.75, 3.05) is 5.32 Å². The molecule has 0 aliphatic carbocycles. The van der Waals surface area contributed by atoms with Crippen LogP contribution < -0.4 is 10.6 Å². The molecule has 1 aromatic heterocycles. The number of halogens is 1. The first-order chi connectivity index (χ1) is 12.3. The zero-order valence-corrected chi connectivity index (χ0v) is 16.1. The summed E-state index contributed by atoms with van der Waals surface area (Å²) >= 11 is 1.31. The van der Waals surface area contributed by atoms with Crippen molar-refractivity contribution >= 4 is 28.3 Å². The van der Waals surface area contributed by atoms with E-state index in [0.717, 1.165) is 11.4 Å². The Morgan fingerprint density at radius 3 is 2.46 bits per heavy atom. The largest absolute Gasteiger partial charge is 0.340 e.